The van der Waals surface area contributed by atoms with E-state index in [2.05, 4.69) is 15.6 Å². The van der Waals surface area contributed by atoms with E-state index in [-0.39, 0.29) is 5.75 Å². The molecule has 0 unspecified atom stereocenters. The number of phenolic OH excluding ortho intramolecular Hbond substituents is 1. The highest BCUT2D eigenvalue weighted by Gasteiger charge is 2.17. The highest BCUT2D eigenvalue weighted by Crippen LogP contribution is 2.32. The van der Waals surface area contributed by atoms with Gasteiger partial charge in [-0.3, -0.25) is 0 Å². The molecule has 0 aliphatic carbocycles. The molecule has 0 spiro atoms. The Bertz CT molecular complexity index is 909. The standard InChI is InChI=1S/C19H19ClN4O/c20-12-7-8-17(25)15(10-12)19-23-16-6-2-1-5-14(16)18(24-19)22-13-4-3-9-21-11-13/h1-2,5-8,10,13,21,25H,3-4,9,11H2,(H,22,23,24)/t13-/m1/s1. The number of hydrogen-bond donors (Lipinski definition) is 3. The number of benzene rings is 2. The first-order chi connectivity index (χ1) is 12.2. The summed E-state index contributed by atoms with van der Waals surface area (Å²) in [6.07, 6.45) is 2.24. The molecule has 0 radical (unpaired) electrons. The van der Waals surface area contributed by atoms with Gasteiger partial charge in [-0.1, -0.05) is 23.7 Å². The van der Waals surface area contributed by atoms with Gasteiger partial charge in [-0.2, -0.15) is 0 Å². The molecular weight excluding hydrogens is 336 g/mol. The van der Waals surface area contributed by atoms with Crippen molar-refractivity contribution in [3.05, 3.63) is 47.5 Å². The van der Waals surface area contributed by atoms with Gasteiger partial charge in [0.25, 0.3) is 0 Å². The van der Waals surface area contributed by atoms with Gasteiger partial charge < -0.3 is 15.7 Å². The Labute approximate surface area is 151 Å². The molecule has 1 aromatic heterocycles. The SMILES string of the molecule is Oc1ccc(Cl)cc1-c1nc(N[C@@H]2CCCNC2)c2ccccc2n1. The van der Waals surface area contributed by atoms with E-state index >= 15 is 0 Å². The van der Waals surface area contributed by atoms with Gasteiger partial charge in [-0.05, 0) is 49.7 Å². The van der Waals surface area contributed by atoms with Crippen molar-refractivity contribution in [3.63, 3.8) is 0 Å². The largest absolute Gasteiger partial charge is 0.507 e. The van der Waals surface area contributed by atoms with Gasteiger partial charge in [-0.15, -0.1) is 0 Å². The number of nitrogens with zero attached hydrogens (tertiary/aromatic N) is 2. The summed E-state index contributed by atoms with van der Waals surface area (Å²) in [5.74, 6) is 1.36. The lowest BCUT2D eigenvalue weighted by atomic mass is 10.1. The monoisotopic (exact) mass is 354 g/mol. The Hall–Kier alpha value is -2.37. The second-order valence-electron chi connectivity index (χ2n) is 6.26. The van der Waals surface area contributed by atoms with Gasteiger partial charge in [0.05, 0.1) is 11.1 Å². The smallest absolute Gasteiger partial charge is 0.165 e. The first-order valence-corrected chi connectivity index (χ1v) is 8.81. The van der Waals surface area contributed by atoms with Crippen LogP contribution in [0.1, 0.15) is 12.8 Å². The molecule has 1 aliphatic rings. The summed E-state index contributed by atoms with van der Waals surface area (Å²) >= 11 is 6.09. The number of aromatic hydroxyl groups is 1. The molecule has 6 heteroatoms. The number of para-hydroxylation sites is 1. The van der Waals surface area contributed by atoms with Gasteiger partial charge in [-0.25, -0.2) is 9.97 Å². The number of nitrogens with one attached hydrogen (secondary N) is 2. The minimum Gasteiger partial charge on any atom is -0.507 e. The topological polar surface area (TPSA) is 70.1 Å². The lowest BCUT2D eigenvalue weighted by Crippen LogP contribution is -2.38. The predicted molar refractivity (Wildman–Crippen MR) is 101 cm³/mol. The number of halogens is 1. The minimum atomic E-state index is 0.116. The van der Waals surface area contributed by atoms with Crippen molar-refractivity contribution in [1.82, 2.24) is 15.3 Å². The Balaban J connectivity index is 1.81. The Morgan fingerprint density at radius 1 is 1.16 bits per heavy atom. The quantitative estimate of drug-likeness (QED) is 0.667. The summed E-state index contributed by atoms with van der Waals surface area (Å²) in [4.78, 5) is 9.31. The average molecular weight is 355 g/mol. The van der Waals surface area contributed by atoms with E-state index in [1.165, 1.54) is 0 Å². The fourth-order valence-corrected chi connectivity index (χ4v) is 3.33. The molecular formula is C19H19ClN4O. The van der Waals surface area contributed by atoms with Crippen molar-refractivity contribution in [2.75, 3.05) is 18.4 Å². The third kappa shape index (κ3) is 3.38. The van der Waals surface area contributed by atoms with E-state index in [0.29, 0.717) is 22.5 Å². The van der Waals surface area contributed by atoms with E-state index < -0.39 is 0 Å². The molecule has 0 bridgehead atoms. The number of aromatic nitrogens is 2. The second-order valence-corrected chi connectivity index (χ2v) is 6.70. The summed E-state index contributed by atoms with van der Waals surface area (Å²) in [5.41, 5.74) is 1.36. The molecule has 25 heavy (non-hydrogen) atoms. The molecule has 2 aromatic carbocycles. The second kappa shape index (κ2) is 6.86. The maximum atomic E-state index is 10.2. The lowest BCUT2D eigenvalue weighted by Gasteiger charge is -2.25. The third-order valence-corrected chi connectivity index (χ3v) is 4.68. The maximum absolute atomic E-state index is 10.2. The van der Waals surface area contributed by atoms with Gasteiger partial charge in [0.2, 0.25) is 0 Å². The summed E-state index contributed by atoms with van der Waals surface area (Å²) in [7, 11) is 0. The lowest BCUT2D eigenvalue weighted by molar-refractivity contribution is 0.476. The fourth-order valence-electron chi connectivity index (χ4n) is 3.16. The zero-order valence-electron chi connectivity index (χ0n) is 13.7. The number of anilines is 1. The molecule has 1 fully saturated rings. The molecule has 128 valence electrons. The van der Waals surface area contributed by atoms with Crippen LogP contribution in [0, 0.1) is 0 Å². The molecule has 4 rings (SSSR count). The van der Waals surface area contributed by atoms with Crippen LogP contribution in [0.15, 0.2) is 42.5 Å². The highest BCUT2D eigenvalue weighted by atomic mass is 35.5. The van der Waals surface area contributed by atoms with Crippen molar-refractivity contribution in [2.24, 2.45) is 0 Å². The van der Waals surface area contributed by atoms with Crippen LogP contribution in [0.5, 0.6) is 5.75 Å². The Morgan fingerprint density at radius 2 is 2.04 bits per heavy atom. The summed E-state index contributed by atoms with van der Waals surface area (Å²) in [6, 6.07) is 13.1. The third-order valence-electron chi connectivity index (χ3n) is 4.44. The van der Waals surface area contributed by atoms with E-state index in [1.807, 2.05) is 24.3 Å². The van der Waals surface area contributed by atoms with Crippen LogP contribution in [0.4, 0.5) is 5.82 Å². The first-order valence-electron chi connectivity index (χ1n) is 8.43. The van der Waals surface area contributed by atoms with Crippen molar-refractivity contribution in [1.29, 1.82) is 0 Å². The van der Waals surface area contributed by atoms with Crippen LogP contribution >= 0.6 is 11.6 Å². The zero-order valence-corrected chi connectivity index (χ0v) is 14.4. The highest BCUT2D eigenvalue weighted by molar-refractivity contribution is 6.30. The Kier molecular flexibility index (Phi) is 4.42. The van der Waals surface area contributed by atoms with E-state index in [9.17, 15) is 5.11 Å². The molecule has 1 atom stereocenters. The summed E-state index contributed by atoms with van der Waals surface area (Å²) in [6.45, 7) is 1.97. The molecule has 1 saturated heterocycles. The minimum absolute atomic E-state index is 0.116. The van der Waals surface area contributed by atoms with Crippen molar-refractivity contribution >= 4 is 28.3 Å². The number of piperidine rings is 1. The van der Waals surface area contributed by atoms with Gasteiger partial charge >= 0.3 is 0 Å². The van der Waals surface area contributed by atoms with E-state index in [1.54, 1.807) is 18.2 Å². The fraction of sp³-hybridized carbons (Fsp3) is 0.263. The molecule has 0 amide bonds. The number of phenols is 1. The average Bonchev–Trinajstić information content (AvgIpc) is 2.64. The van der Waals surface area contributed by atoms with Crippen molar-refractivity contribution in [2.45, 2.75) is 18.9 Å². The van der Waals surface area contributed by atoms with E-state index in [4.69, 9.17) is 16.6 Å². The predicted octanol–water partition coefficient (Wildman–Crippen LogP) is 3.82. The van der Waals surface area contributed by atoms with Crippen LogP contribution in [-0.2, 0) is 0 Å². The molecule has 3 N–H and O–H groups in total. The summed E-state index contributed by atoms with van der Waals surface area (Å²) in [5, 5.41) is 18.7. The number of rotatable bonds is 3. The van der Waals surface area contributed by atoms with Crippen LogP contribution in [0.25, 0.3) is 22.3 Å². The molecule has 5 nitrogen and oxygen atoms in total. The number of fused-ring (bicyclic) bond motifs is 1. The van der Waals surface area contributed by atoms with Crippen LogP contribution < -0.4 is 10.6 Å². The molecule has 0 saturated carbocycles. The first kappa shape index (κ1) is 16.1. The Morgan fingerprint density at radius 3 is 2.88 bits per heavy atom. The van der Waals surface area contributed by atoms with Gasteiger partial charge in [0, 0.05) is 23.0 Å². The summed E-state index contributed by atoms with van der Waals surface area (Å²) < 4.78 is 0. The van der Waals surface area contributed by atoms with Crippen molar-refractivity contribution in [3.8, 4) is 17.1 Å². The normalized spacial score (nSPS) is 17.6. The van der Waals surface area contributed by atoms with Gasteiger partial charge in [0.1, 0.15) is 11.6 Å². The zero-order chi connectivity index (χ0) is 17.2. The molecule has 3 aromatic rings. The molecule has 2 heterocycles. The van der Waals surface area contributed by atoms with Crippen molar-refractivity contribution < 1.29 is 5.11 Å². The molecule has 1 aliphatic heterocycles. The van der Waals surface area contributed by atoms with Crippen LogP contribution in [0.2, 0.25) is 5.02 Å². The number of hydrogen-bond acceptors (Lipinski definition) is 5. The van der Waals surface area contributed by atoms with Crippen LogP contribution in [-0.4, -0.2) is 34.2 Å². The van der Waals surface area contributed by atoms with Gasteiger partial charge in [0.15, 0.2) is 5.82 Å². The maximum Gasteiger partial charge on any atom is 0.165 e. The van der Waals surface area contributed by atoms with E-state index in [0.717, 1.165) is 42.7 Å². The van der Waals surface area contributed by atoms with Crippen LogP contribution in [0.3, 0.4) is 0 Å².